The fraction of sp³-hybridized carbons (Fsp3) is 0.286. The molecule has 11 heteroatoms. The van der Waals surface area contributed by atoms with Crippen LogP contribution in [-0.4, -0.2) is 52.7 Å². The van der Waals surface area contributed by atoms with Crippen LogP contribution in [0.2, 0.25) is 0 Å². The molecule has 0 saturated heterocycles. The number of nitrogens with one attached hydrogen (secondary N) is 2. The predicted octanol–water partition coefficient (Wildman–Crippen LogP) is 2.18. The average Bonchev–Trinajstić information content (AvgIpc) is 3.12. The second kappa shape index (κ2) is 10.2. The van der Waals surface area contributed by atoms with Gasteiger partial charge in [0.1, 0.15) is 0 Å². The normalized spacial score (nSPS) is 12.6. The molecule has 0 spiro atoms. The largest absolute Gasteiger partial charge is 0.343 e. The first-order chi connectivity index (χ1) is 15.2. The van der Waals surface area contributed by atoms with Crippen molar-refractivity contribution in [2.45, 2.75) is 35.2 Å². The minimum Gasteiger partial charge on any atom is -0.325 e. The van der Waals surface area contributed by atoms with E-state index >= 15 is 0 Å². The monoisotopic (exact) mass is 475 g/mol. The molecular weight excluding hydrogens is 450 g/mol. The summed E-state index contributed by atoms with van der Waals surface area (Å²) < 4.78 is 27.2. The number of H-pyrrole nitrogens is 1. The molecule has 32 heavy (non-hydrogen) atoms. The van der Waals surface area contributed by atoms with Gasteiger partial charge in [-0.2, -0.15) is 0 Å². The molecule has 2 N–H and O–H groups in total. The summed E-state index contributed by atoms with van der Waals surface area (Å²) in [5, 5.41) is 9.05. The number of carbonyl (C=O) groups excluding carboxylic acids is 1. The molecule has 0 aliphatic heterocycles. The Balaban J connectivity index is 1.67. The number of benzene rings is 2. The highest BCUT2D eigenvalue weighted by atomic mass is 32.2. The lowest BCUT2D eigenvalue weighted by molar-refractivity contribution is -0.115. The maximum atomic E-state index is 12.7. The van der Waals surface area contributed by atoms with Crippen LogP contribution in [0.5, 0.6) is 0 Å². The number of nitrogens with zero attached hydrogens (tertiary/aromatic N) is 3. The van der Waals surface area contributed by atoms with E-state index in [2.05, 4.69) is 15.5 Å². The van der Waals surface area contributed by atoms with Gasteiger partial charge in [0.25, 0.3) is 0 Å². The smallest absolute Gasteiger partial charge is 0.325 e. The number of anilines is 1. The summed E-state index contributed by atoms with van der Waals surface area (Å²) in [6.07, 6.45) is 0.654. The van der Waals surface area contributed by atoms with Gasteiger partial charge in [-0.15, -0.1) is 5.10 Å². The fourth-order valence-electron chi connectivity index (χ4n) is 2.88. The Morgan fingerprint density at radius 3 is 2.59 bits per heavy atom. The van der Waals surface area contributed by atoms with Crippen LogP contribution < -0.4 is 11.0 Å². The van der Waals surface area contributed by atoms with Gasteiger partial charge in [-0.25, -0.2) is 22.6 Å². The van der Waals surface area contributed by atoms with Gasteiger partial charge in [0, 0.05) is 26.3 Å². The number of thioether (sulfide) groups is 1. The summed E-state index contributed by atoms with van der Waals surface area (Å²) in [5.41, 5.74) is 1.13. The first-order valence-electron chi connectivity index (χ1n) is 9.87. The van der Waals surface area contributed by atoms with Crippen molar-refractivity contribution in [1.29, 1.82) is 0 Å². The topological polar surface area (TPSA) is 117 Å². The molecule has 170 valence electrons. The molecule has 0 radical (unpaired) electrons. The van der Waals surface area contributed by atoms with Crippen molar-refractivity contribution < 1.29 is 13.2 Å². The maximum absolute atomic E-state index is 12.7. The molecule has 0 aliphatic carbocycles. The summed E-state index contributed by atoms with van der Waals surface area (Å²) in [4.78, 5) is 24.9. The number of carbonyl (C=O) groups is 1. The van der Waals surface area contributed by atoms with Crippen molar-refractivity contribution in [2.75, 3.05) is 19.4 Å². The molecule has 0 fully saturated rings. The summed E-state index contributed by atoms with van der Waals surface area (Å²) >= 11 is 1.15. The molecule has 1 atom stereocenters. The predicted molar refractivity (Wildman–Crippen MR) is 124 cm³/mol. The average molecular weight is 476 g/mol. The van der Waals surface area contributed by atoms with Gasteiger partial charge in [0.05, 0.1) is 10.1 Å². The van der Waals surface area contributed by atoms with Crippen molar-refractivity contribution >= 4 is 33.4 Å². The molecule has 0 saturated carbocycles. The van der Waals surface area contributed by atoms with Crippen LogP contribution in [-0.2, 0) is 27.8 Å². The number of aromatic nitrogens is 3. The molecule has 0 bridgehead atoms. The minimum absolute atomic E-state index is 0.0858. The van der Waals surface area contributed by atoms with Crippen LogP contribution in [0.15, 0.2) is 69.4 Å². The Morgan fingerprint density at radius 1 is 1.19 bits per heavy atom. The van der Waals surface area contributed by atoms with E-state index < -0.39 is 15.3 Å². The Bertz CT molecular complexity index is 1240. The number of aryl methyl sites for hydroxylation is 1. The minimum atomic E-state index is -3.61. The Labute approximate surface area is 190 Å². The number of hydrogen-bond donors (Lipinski definition) is 2. The third-order valence-electron chi connectivity index (χ3n) is 4.72. The van der Waals surface area contributed by atoms with E-state index in [4.69, 9.17) is 0 Å². The van der Waals surface area contributed by atoms with Gasteiger partial charge >= 0.3 is 5.69 Å². The van der Waals surface area contributed by atoms with Crippen LogP contribution in [0.4, 0.5) is 5.69 Å². The molecule has 0 aliphatic rings. The molecule has 9 nitrogen and oxygen atoms in total. The Kier molecular flexibility index (Phi) is 7.54. The number of sulfonamides is 1. The molecule has 0 unspecified atom stereocenters. The summed E-state index contributed by atoms with van der Waals surface area (Å²) in [5.74, 6) is -0.334. The lowest BCUT2D eigenvalue weighted by Gasteiger charge is -2.14. The zero-order valence-electron chi connectivity index (χ0n) is 18.0. The van der Waals surface area contributed by atoms with Crippen molar-refractivity contribution in [3.05, 3.63) is 70.6 Å². The van der Waals surface area contributed by atoms with Crippen molar-refractivity contribution in [3.63, 3.8) is 0 Å². The fourth-order valence-corrected chi connectivity index (χ4v) is 4.71. The molecule has 3 aromatic rings. The van der Waals surface area contributed by atoms with Gasteiger partial charge in [-0.05, 0) is 37.1 Å². The maximum Gasteiger partial charge on any atom is 0.343 e. The highest BCUT2D eigenvalue weighted by Gasteiger charge is 2.21. The Morgan fingerprint density at radius 2 is 1.91 bits per heavy atom. The third-order valence-corrected chi connectivity index (χ3v) is 7.62. The van der Waals surface area contributed by atoms with Gasteiger partial charge in [0.15, 0.2) is 5.16 Å². The van der Waals surface area contributed by atoms with E-state index in [1.54, 1.807) is 19.1 Å². The standard InChI is InChI=1S/C21H25N5O4S2/c1-15(19(27)22-17-10-7-11-18(14-17)32(29,30)25(2)3)31-21-24-23-20(28)26(21)13-12-16-8-5-4-6-9-16/h4-11,14-15H,12-13H2,1-3H3,(H,22,27)(H,23,28)/t15-/m1/s1. The number of amides is 1. The van der Waals surface area contributed by atoms with Gasteiger partial charge in [0.2, 0.25) is 15.9 Å². The van der Waals surface area contributed by atoms with Crippen molar-refractivity contribution in [2.24, 2.45) is 0 Å². The highest BCUT2D eigenvalue weighted by Crippen LogP contribution is 2.23. The number of rotatable bonds is 9. The lowest BCUT2D eigenvalue weighted by atomic mass is 10.1. The third kappa shape index (κ3) is 5.67. The van der Waals surface area contributed by atoms with E-state index in [0.29, 0.717) is 23.8 Å². The van der Waals surface area contributed by atoms with Crippen molar-refractivity contribution in [1.82, 2.24) is 19.1 Å². The molecule has 2 aromatic carbocycles. The van der Waals surface area contributed by atoms with Crippen LogP contribution >= 0.6 is 11.8 Å². The van der Waals surface area contributed by atoms with E-state index in [1.807, 2.05) is 30.3 Å². The van der Waals surface area contributed by atoms with Crippen LogP contribution in [0.3, 0.4) is 0 Å². The number of aromatic amines is 1. The molecular formula is C21H25N5O4S2. The molecule has 1 aromatic heterocycles. The second-order valence-corrected chi connectivity index (χ2v) is 10.7. The highest BCUT2D eigenvalue weighted by molar-refractivity contribution is 8.00. The quantitative estimate of drug-likeness (QED) is 0.458. The van der Waals surface area contributed by atoms with Gasteiger partial charge < -0.3 is 5.32 Å². The Hall–Kier alpha value is -2.89. The molecule has 1 heterocycles. The molecule has 3 rings (SSSR count). The number of hydrogen-bond acceptors (Lipinski definition) is 6. The molecule has 1 amide bonds. The second-order valence-electron chi connectivity index (χ2n) is 7.26. The zero-order valence-corrected chi connectivity index (χ0v) is 19.6. The van der Waals surface area contributed by atoms with E-state index in [0.717, 1.165) is 21.6 Å². The van der Waals surface area contributed by atoms with Crippen LogP contribution in [0.25, 0.3) is 0 Å². The SMILES string of the molecule is C[C@@H](Sc1n[nH]c(=O)n1CCc1ccccc1)C(=O)Nc1cccc(S(=O)(=O)N(C)C)c1. The first kappa shape index (κ1) is 23.8. The van der Waals surface area contributed by atoms with Crippen LogP contribution in [0.1, 0.15) is 12.5 Å². The van der Waals surface area contributed by atoms with Gasteiger partial charge in [-0.1, -0.05) is 48.2 Å². The summed E-state index contributed by atoms with van der Waals surface area (Å²) in [6.45, 7) is 2.13. The first-order valence-corrected chi connectivity index (χ1v) is 12.2. The lowest BCUT2D eigenvalue weighted by Crippen LogP contribution is -2.25. The zero-order chi connectivity index (χ0) is 23.3. The summed E-state index contributed by atoms with van der Waals surface area (Å²) in [7, 11) is -0.722. The van der Waals surface area contributed by atoms with E-state index in [-0.39, 0.29) is 16.5 Å². The van der Waals surface area contributed by atoms with Crippen molar-refractivity contribution in [3.8, 4) is 0 Å². The van der Waals surface area contributed by atoms with E-state index in [9.17, 15) is 18.0 Å². The summed E-state index contributed by atoms with van der Waals surface area (Å²) in [6, 6.07) is 15.8. The van der Waals surface area contributed by atoms with Gasteiger partial charge in [-0.3, -0.25) is 9.36 Å². The van der Waals surface area contributed by atoms with Crippen LogP contribution in [0, 0.1) is 0 Å². The van der Waals surface area contributed by atoms with E-state index in [1.165, 1.54) is 30.8 Å².